The summed E-state index contributed by atoms with van der Waals surface area (Å²) in [6, 6.07) is 9.20. The number of aliphatic hydroxyl groups excluding tert-OH is 1. The number of hydrogen-bond donors (Lipinski definition) is 2. The summed E-state index contributed by atoms with van der Waals surface area (Å²) in [6.45, 7) is -0.0487. The molecule has 7 heteroatoms. The molecule has 2 heterocycles. The van der Waals surface area contributed by atoms with Gasteiger partial charge in [0, 0.05) is 18.0 Å². The van der Waals surface area contributed by atoms with Crippen LogP contribution in [0.15, 0.2) is 42.7 Å². The summed E-state index contributed by atoms with van der Waals surface area (Å²) in [7, 11) is 0. The molecular formula is C17H19N3O2S2. The predicted octanol–water partition coefficient (Wildman–Crippen LogP) is 2.93. The van der Waals surface area contributed by atoms with Gasteiger partial charge < -0.3 is 15.0 Å². The lowest BCUT2D eigenvalue weighted by Gasteiger charge is -2.15. The molecule has 24 heavy (non-hydrogen) atoms. The Bertz CT molecular complexity index is 814. The van der Waals surface area contributed by atoms with Gasteiger partial charge in [-0.05, 0) is 48.8 Å². The van der Waals surface area contributed by atoms with Gasteiger partial charge in [-0.25, -0.2) is 4.98 Å². The van der Waals surface area contributed by atoms with Crippen molar-refractivity contribution in [2.75, 3.05) is 18.6 Å². The van der Waals surface area contributed by atoms with E-state index in [1.54, 1.807) is 29.2 Å². The van der Waals surface area contributed by atoms with Gasteiger partial charge in [-0.15, -0.1) is 0 Å². The van der Waals surface area contributed by atoms with Crippen LogP contribution in [0, 0.1) is 0 Å². The van der Waals surface area contributed by atoms with Crippen LogP contribution in [0.1, 0.15) is 16.8 Å². The first-order chi connectivity index (χ1) is 11.7. The van der Waals surface area contributed by atoms with Gasteiger partial charge in [-0.1, -0.05) is 11.3 Å². The number of thioether (sulfide) groups is 1. The van der Waals surface area contributed by atoms with E-state index >= 15 is 0 Å². The van der Waals surface area contributed by atoms with E-state index in [0.717, 1.165) is 27.5 Å². The Morgan fingerprint density at radius 2 is 2.21 bits per heavy atom. The molecule has 0 saturated heterocycles. The van der Waals surface area contributed by atoms with Crippen molar-refractivity contribution in [2.45, 2.75) is 12.5 Å². The van der Waals surface area contributed by atoms with E-state index < -0.39 is 0 Å². The SMILES string of the molecule is CSCCC(CO)NC(=O)c1ccc2nc(-n3cccc3)sc2c1. The maximum atomic E-state index is 12.4. The summed E-state index contributed by atoms with van der Waals surface area (Å²) in [6.07, 6.45) is 6.66. The molecule has 3 rings (SSSR count). The number of nitrogens with zero attached hydrogens (tertiary/aromatic N) is 2. The average molecular weight is 361 g/mol. The summed E-state index contributed by atoms with van der Waals surface area (Å²) in [5, 5.41) is 13.2. The molecule has 2 N–H and O–H groups in total. The first kappa shape index (κ1) is 17.0. The van der Waals surface area contributed by atoms with Gasteiger partial charge >= 0.3 is 0 Å². The van der Waals surface area contributed by atoms with E-state index in [1.807, 2.05) is 47.5 Å². The lowest BCUT2D eigenvalue weighted by atomic mass is 10.1. The number of aliphatic hydroxyl groups is 1. The lowest BCUT2D eigenvalue weighted by molar-refractivity contribution is 0.0915. The van der Waals surface area contributed by atoms with Gasteiger partial charge in [0.2, 0.25) is 0 Å². The highest BCUT2D eigenvalue weighted by atomic mass is 32.2. The third-order valence-corrected chi connectivity index (χ3v) is 5.37. The van der Waals surface area contributed by atoms with Crippen molar-refractivity contribution in [3.05, 3.63) is 48.3 Å². The Kier molecular flexibility index (Phi) is 5.55. The molecule has 0 aliphatic heterocycles. The number of thiazole rings is 1. The van der Waals surface area contributed by atoms with Crippen molar-refractivity contribution in [3.63, 3.8) is 0 Å². The average Bonchev–Trinajstić information content (AvgIpc) is 3.26. The maximum Gasteiger partial charge on any atom is 0.251 e. The fourth-order valence-electron chi connectivity index (χ4n) is 2.36. The van der Waals surface area contributed by atoms with E-state index in [0.29, 0.717) is 5.56 Å². The number of hydrogen-bond acceptors (Lipinski definition) is 5. The highest BCUT2D eigenvalue weighted by molar-refractivity contribution is 7.98. The molecule has 2 aromatic heterocycles. The largest absolute Gasteiger partial charge is 0.394 e. The van der Waals surface area contributed by atoms with Crippen molar-refractivity contribution in [2.24, 2.45) is 0 Å². The standard InChI is InChI=1S/C17H19N3O2S2/c1-23-9-6-13(11-21)18-16(22)12-4-5-14-15(10-12)24-17(19-14)20-7-2-3-8-20/h2-5,7-8,10,13,21H,6,9,11H2,1H3,(H,18,22). The van der Waals surface area contributed by atoms with Crippen molar-refractivity contribution >= 4 is 39.2 Å². The van der Waals surface area contributed by atoms with E-state index in [2.05, 4.69) is 10.3 Å². The van der Waals surface area contributed by atoms with Gasteiger partial charge in [0.05, 0.1) is 22.9 Å². The highest BCUT2D eigenvalue weighted by Gasteiger charge is 2.14. The molecule has 0 aliphatic carbocycles. The van der Waals surface area contributed by atoms with Gasteiger partial charge in [-0.2, -0.15) is 11.8 Å². The Morgan fingerprint density at radius 1 is 1.42 bits per heavy atom. The third-order valence-electron chi connectivity index (χ3n) is 3.69. The molecule has 1 unspecified atom stereocenters. The fourth-order valence-corrected chi connectivity index (χ4v) is 3.86. The zero-order valence-electron chi connectivity index (χ0n) is 13.3. The van der Waals surface area contributed by atoms with Crippen LogP contribution in [-0.4, -0.2) is 45.2 Å². The van der Waals surface area contributed by atoms with Crippen LogP contribution in [0.4, 0.5) is 0 Å². The van der Waals surface area contributed by atoms with Crippen molar-refractivity contribution < 1.29 is 9.90 Å². The first-order valence-corrected chi connectivity index (χ1v) is 9.87. The molecule has 0 spiro atoms. The fraction of sp³-hybridized carbons (Fsp3) is 0.294. The molecule has 1 aromatic carbocycles. The summed E-state index contributed by atoms with van der Waals surface area (Å²) in [4.78, 5) is 17.0. The minimum absolute atomic E-state index is 0.0487. The van der Waals surface area contributed by atoms with E-state index in [-0.39, 0.29) is 18.6 Å². The molecule has 126 valence electrons. The Morgan fingerprint density at radius 3 is 2.92 bits per heavy atom. The number of nitrogens with one attached hydrogen (secondary N) is 1. The Hall–Kier alpha value is -1.83. The van der Waals surface area contributed by atoms with Crippen LogP contribution < -0.4 is 5.32 Å². The van der Waals surface area contributed by atoms with Crippen LogP contribution in [-0.2, 0) is 0 Å². The monoisotopic (exact) mass is 361 g/mol. The van der Waals surface area contributed by atoms with Crippen molar-refractivity contribution in [1.29, 1.82) is 0 Å². The second-order valence-electron chi connectivity index (χ2n) is 5.40. The Labute approximate surface area is 148 Å². The molecular weight excluding hydrogens is 342 g/mol. The van der Waals surface area contributed by atoms with Crippen LogP contribution >= 0.6 is 23.1 Å². The zero-order chi connectivity index (χ0) is 16.9. The summed E-state index contributed by atoms with van der Waals surface area (Å²) in [5.74, 6) is 0.743. The number of benzene rings is 1. The normalized spacial score (nSPS) is 12.4. The number of carbonyl (C=O) groups excluding carboxylic acids is 1. The predicted molar refractivity (Wildman–Crippen MR) is 100 cm³/mol. The summed E-state index contributed by atoms with van der Waals surface area (Å²) < 4.78 is 2.92. The topological polar surface area (TPSA) is 67.2 Å². The molecule has 3 aromatic rings. The number of rotatable bonds is 7. The van der Waals surface area contributed by atoms with Crippen molar-refractivity contribution in [3.8, 4) is 5.13 Å². The minimum Gasteiger partial charge on any atom is -0.394 e. The molecule has 5 nitrogen and oxygen atoms in total. The Balaban J connectivity index is 1.78. The molecule has 0 aliphatic rings. The summed E-state index contributed by atoms with van der Waals surface area (Å²) in [5.41, 5.74) is 1.47. The third kappa shape index (κ3) is 3.80. The summed E-state index contributed by atoms with van der Waals surface area (Å²) >= 11 is 3.24. The maximum absolute atomic E-state index is 12.4. The number of amides is 1. The first-order valence-electron chi connectivity index (χ1n) is 7.66. The minimum atomic E-state index is -0.211. The van der Waals surface area contributed by atoms with Crippen LogP contribution in [0.5, 0.6) is 0 Å². The van der Waals surface area contributed by atoms with Gasteiger partial charge in [0.15, 0.2) is 5.13 Å². The van der Waals surface area contributed by atoms with Crippen molar-refractivity contribution in [1.82, 2.24) is 14.9 Å². The number of carbonyl (C=O) groups is 1. The number of fused-ring (bicyclic) bond motifs is 1. The quantitative estimate of drug-likeness (QED) is 0.679. The van der Waals surface area contributed by atoms with Crippen LogP contribution in [0.25, 0.3) is 15.3 Å². The lowest BCUT2D eigenvalue weighted by Crippen LogP contribution is -2.37. The second kappa shape index (κ2) is 7.83. The van der Waals surface area contributed by atoms with E-state index in [9.17, 15) is 9.90 Å². The second-order valence-corrected chi connectivity index (χ2v) is 7.40. The van der Waals surface area contributed by atoms with E-state index in [1.165, 1.54) is 0 Å². The van der Waals surface area contributed by atoms with E-state index in [4.69, 9.17) is 0 Å². The molecule has 0 saturated carbocycles. The molecule has 1 amide bonds. The van der Waals surface area contributed by atoms with Crippen LogP contribution in [0.3, 0.4) is 0 Å². The molecule has 0 radical (unpaired) electrons. The zero-order valence-corrected chi connectivity index (χ0v) is 14.9. The molecule has 0 bridgehead atoms. The van der Waals surface area contributed by atoms with Gasteiger partial charge in [0.25, 0.3) is 5.91 Å². The van der Waals surface area contributed by atoms with Gasteiger partial charge in [0.1, 0.15) is 0 Å². The smallest absolute Gasteiger partial charge is 0.251 e. The molecule has 0 fully saturated rings. The molecule has 1 atom stereocenters. The van der Waals surface area contributed by atoms with Gasteiger partial charge in [-0.3, -0.25) is 4.79 Å². The van der Waals surface area contributed by atoms with Crippen LogP contribution in [0.2, 0.25) is 0 Å². The number of aromatic nitrogens is 2. The highest BCUT2D eigenvalue weighted by Crippen LogP contribution is 2.26.